The van der Waals surface area contributed by atoms with E-state index in [0.717, 1.165) is 29.9 Å². The maximum absolute atomic E-state index is 11.4. The van der Waals surface area contributed by atoms with Crippen molar-refractivity contribution in [2.45, 2.75) is 20.0 Å². The maximum atomic E-state index is 11.4. The van der Waals surface area contributed by atoms with Crippen LogP contribution in [0.1, 0.15) is 18.1 Å². The predicted molar refractivity (Wildman–Crippen MR) is 76.7 cm³/mol. The molecule has 1 aliphatic rings. The maximum Gasteiger partial charge on any atom is 0.221 e. The third-order valence-electron chi connectivity index (χ3n) is 3.40. The quantitative estimate of drug-likeness (QED) is 0.862. The summed E-state index contributed by atoms with van der Waals surface area (Å²) in [5.74, 6) is -0.0388. The largest absolute Gasteiger partial charge is 0.326 e. The normalized spacial score (nSPS) is 13.1. The molecule has 0 unspecified atom stereocenters. The summed E-state index contributed by atoms with van der Waals surface area (Å²) in [6.07, 6.45) is 0. The summed E-state index contributed by atoms with van der Waals surface area (Å²) >= 11 is 0. The highest BCUT2D eigenvalue weighted by Crippen LogP contribution is 2.35. The molecule has 0 fully saturated rings. The molecule has 2 N–H and O–H groups in total. The minimum Gasteiger partial charge on any atom is -0.326 e. The minimum atomic E-state index is -0.0388. The molecule has 0 bridgehead atoms. The Balaban J connectivity index is 2.19. The summed E-state index contributed by atoms with van der Waals surface area (Å²) in [5.41, 5.74) is 5.77. The van der Waals surface area contributed by atoms with E-state index in [9.17, 15) is 4.79 Å². The Morgan fingerprint density at radius 1 is 1.11 bits per heavy atom. The summed E-state index contributed by atoms with van der Waals surface area (Å²) in [4.78, 5) is 11.4. The lowest BCUT2D eigenvalue weighted by Gasteiger charge is -2.14. The standard InChI is InChI=1S/C16H16N2O/c1-11(19)18-15-8-7-13-9-17-10-14(13)16(15)12-5-3-2-4-6-12/h2-8,17H,9-10H2,1H3,(H,18,19). The zero-order valence-electron chi connectivity index (χ0n) is 10.9. The van der Waals surface area contributed by atoms with E-state index in [0.29, 0.717) is 0 Å². The van der Waals surface area contributed by atoms with Gasteiger partial charge in [-0.05, 0) is 22.8 Å². The van der Waals surface area contributed by atoms with E-state index in [-0.39, 0.29) is 5.91 Å². The van der Waals surface area contributed by atoms with E-state index in [4.69, 9.17) is 0 Å². The van der Waals surface area contributed by atoms with Crippen LogP contribution < -0.4 is 10.6 Å². The van der Waals surface area contributed by atoms with Crippen LogP contribution in [0, 0.1) is 0 Å². The van der Waals surface area contributed by atoms with Crippen LogP contribution >= 0.6 is 0 Å². The number of fused-ring (bicyclic) bond motifs is 1. The van der Waals surface area contributed by atoms with Gasteiger partial charge in [0.25, 0.3) is 0 Å². The SMILES string of the molecule is CC(=O)Nc1ccc2c(c1-c1ccccc1)CNC2. The highest BCUT2D eigenvalue weighted by Gasteiger charge is 2.18. The highest BCUT2D eigenvalue weighted by molar-refractivity contribution is 5.95. The van der Waals surface area contributed by atoms with Crippen molar-refractivity contribution in [3.05, 3.63) is 53.6 Å². The average molecular weight is 252 g/mol. The van der Waals surface area contributed by atoms with Crippen LogP contribution in [0.4, 0.5) is 5.69 Å². The molecule has 1 aliphatic heterocycles. The van der Waals surface area contributed by atoms with Gasteiger partial charge >= 0.3 is 0 Å². The molecule has 0 saturated carbocycles. The lowest BCUT2D eigenvalue weighted by molar-refractivity contribution is -0.114. The molecule has 0 aliphatic carbocycles. The monoisotopic (exact) mass is 252 g/mol. The summed E-state index contributed by atoms with van der Waals surface area (Å²) in [5, 5.41) is 6.30. The summed E-state index contributed by atoms with van der Waals surface area (Å²) in [6.45, 7) is 3.29. The van der Waals surface area contributed by atoms with Crippen molar-refractivity contribution in [1.82, 2.24) is 5.32 Å². The fourth-order valence-corrected chi connectivity index (χ4v) is 2.61. The second kappa shape index (κ2) is 4.86. The molecule has 0 atom stereocenters. The number of rotatable bonds is 2. The average Bonchev–Trinajstić information content (AvgIpc) is 2.87. The van der Waals surface area contributed by atoms with Gasteiger partial charge in [0.2, 0.25) is 5.91 Å². The molecule has 19 heavy (non-hydrogen) atoms. The van der Waals surface area contributed by atoms with Crippen LogP contribution in [-0.2, 0) is 17.9 Å². The Labute approximate surface area is 112 Å². The van der Waals surface area contributed by atoms with Crippen molar-refractivity contribution in [2.75, 3.05) is 5.32 Å². The molecule has 2 aromatic rings. The minimum absolute atomic E-state index is 0.0388. The molecule has 96 valence electrons. The molecule has 0 aromatic heterocycles. The number of carbonyl (C=O) groups excluding carboxylic acids is 1. The lowest BCUT2D eigenvalue weighted by Crippen LogP contribution is -2.08. The van der Waals surface area contributed by atoms with Crippen LogP contribution in [-0.4, -0.2) is 5.91 Å². The van der Waals surface area contributed by atoms with Crippen LogP contribution in [0.5, 0.6) is 0 Å². The second-order valence-corrected chi connectivity index (χ2v) is 4.78. The van der Waals surface area contributed by atoms with Crippen molar-refractivity contribution in [3.8, 4) is 11.1 Å². The van der Waals surface area contributed by atoms with E-state index >= 15 is 0 Å². The number of hydrogen-bond donors (Lipinski definition) is 2. The van der Waals surface area contributed by atoms with Gasteiger partial charge < -0.3 is 10.6 Å². The highest BCUT2D eigenvalue weighted by atomic mass is 16.1. The van der Waals surface area contributed by atoms with Crippen molar-refractivity contribution in [2.24, 2.45) is 0 Å². The van der Waals surface area contributed by atoms with Gasteiger partial charge in [0.15, 0.2) is 0 Å². The van der Waals surface area contributed by atoms with Crippen LogP contribution in [0.3, 0.4) is 0 Å². The molecular formula is C16H16N2O. The Morgan fingerprint density at radius 2 is 1.89 bits per heavy atom. The third kappa shape index (κ3) is 2.25. The van der Waals surface area contributed by atoms with Crippen molar-refractivity contribution in [3.63, 3.8) is 0 Å². The first-order valence-electron chi connectivity index (χ1n) is 6.44. The molecule has 1 heterocycles. The number of nitrogens with one attached hydrogen (secondary N) is 2. The van der Waals surface area contributed by atoms with Gasteiger partial charge in [0.05, 0.1) is 0 Å². The zero-order valence-corrected chi connectivity index (χ0v) is 10.9. The van der Waals surface area contributed by atoms with E-state index in [2.05, 4.69) is 28.8 Å². The second-order valence-electron chi connectivity index (χ2n) is 4.78. The molecular weight excluding hydrogens is 236 g/mol. The Kier molecular flexibility index (Phi) is 3.05. The fourth-order valence-electron chi connectivity index (χ4n) is 2.61. The predicted octanol–water partition coefficient (Wildman–Crippen LogP) is 2.92. The number of hydrogen-bond acceptors (Lipinski definition) is 2. The number of amides is 1. The molecule has 3 nitrogen and oxygen atoms in total. The number of carbonyl (C=O) groups is 1. The van der Waals surface area contributed by atoms with Gasteiger partial charge in [-0.2, -0.15) is 0 Å². The molecule has 0 radical (unpaired) electrons. The lowest BCUT2D eigenvalue weighted by atomic mass is 9.95. The van der Waals surface area contributed by atoms with Crippen molar-refractivity contribution in [1.29, 1.82) is 0 Å². The summed E-state index contributed by atoms with van der Waals surface area (Å²) in [7, 11) is 0. The van der Waals surface area contributed by atoms with Gasteiger partial charge in [-0.3, -0.25) is 4.79 Å². The van der Waals surface area contributed by atoms with Crippen LogP contribution in [0.25, 0.3) is 11.1 Å². The first kappa shape index (κ1) is 11.9. The number of benzene rings is 2. The van der Waals surface area contributed by atoms with Crippen molar-refractivity contribution < 1.29 is 4.79 Å². The first-order valence-corrected chi connectivity index (χ1v) is 6.44. The molecule has 2 aromatic carbocycles. The third-order valence-corrected chi connectivity index (χ3v) is 3.40. The molecule has 3 heteroatoms. The molecule has 0 spiro atoms. The molecule has 0 saturated heterocycles. The fraction of sp³-hybridized carbons (Fsp3) is 0.188. The van der Waals surface area contributed by atoms with E-state index in [1.54, 1.807) is 6.92 Å². The zero-order chi connectivity index (χ0) is 13.2. The van der Waals surface area contributed by atoms with Crippen molar-refractivity contribution >= 4 is 11.6 Å². The Morgan fingerprint density at radius 3 is 2.63 bits per heavy atom. The van der Waals surface area contributed by atoms with Crippen LogP contribution in [0.15, 0.2) is 42.5 Å². The van der Waals surface area contributed by atoms with Gasteiger partial charge in [-0.25, -0.2) is 0 Å². The molecule has 1 amide bonds. The Bertz CT molecular complexity index is 620. The van der Waals surface area contributed by atoms with E-state index in [1.807, 2.05) is 24.3 Å². The van der Waals surface area contributed by atoms with E-state index in [1.165, 1.54) is 11.1 Å². The van der Waals surface area contributed by atoms with Gasteiger partial charge in [0, 0.05) is 31.3 Å². The molecule has 3 rings (SSSR count). The topological polar surface area (TPSA) is 41.1 Å². The smallest absolute Gasteiger partial charge is 0.221 e. The van der Waals surface area contributed by atoms with E-state index < -0.39 is 0 Å². The summed E-state index contributed by atoms with van der Waals surface area (Å²) in [6, 6.07) is 14.3. The van der Waals surface area contributed by atoms with Gasteiger partial charge in [-0.1, -0.05) is 36.4 Å². The van der Waals surface area contributed by atoms with Crippen LogP contribution in [0.2, 0.25) is 0 Å². The van der Waals surface area contributed by atoms with Gasteiger partial charge in [0.1, 0.15) is 0 Å². The first-order chi connectivity index (χ1) is 9.25. The Hall–Kier alpha value is -2.13. The summed E-state index contributed by atoms with van der Waals surface area (Å²) < 4.78 is 0. The number of anilines is 1. The van der Waals surface area contributed by atoms with Gasteiger partial charge in [-0.15, -0.1) is 0 Å².